The molecule has 0 spiro atoms. The normalized spacial score (nSPS) is 24.6. The molecule has 0 saturated carbocycles. The van der Waals surface area contributed by atoms with Crippen molar-refractivity contribution in [3.8, 4) is 0 Å². The number of aliphatic hydroxyl groups is 1. The van der Waals surface area contributed by atoms with Crippen LogP contribution in [0.4, 0.5) is 5.69 Å². The Hall–Kier alpha value is -2.54. The van der Waals surface area contributed by atoms with Gasteiger partial charge in [0.1, 0.15) is 0 Å². The standard InChI is InChI=1S/C20H27N3O4/c1-11(2)27-19(25)17-15(12-6-8-13(9-7-12)23(4)5)16-14(10-20(17,3)26)21-22-18(16)24/h6-9,11,15,17,26H,10H2,1-5H3,(H2,21,22,24)/t15-,17+,20+/m1/s1. The highest BCUT2D eigenvalue weighted by atomic mass is 16.5. The molecule has 0 fully saturated rings. The average molecular weight is 373 g/mol. The van der Waals surface area contributed by atoms with Crippen molar-refractivity contribution in [2.45, 2.75) is 44.8 Å². The number of carbonyl (C=O) groups excluding carboxylic acids is 1. The van der Waals surface area contributed by atoms with E-state index in [0.717, 1.165) is 11.3 Å². The molecule has 146 valence electrons. The number of carbonyl (C=O) groups is 1. The van der Waals surface area contributed by atoms with Gasteiger partial charge in [-0.15, -0.1) is 0 Å². The first-order valence-corrected chi connectivity index (χ1v) is 9.11. The van der Waals surface area contributed by atoms with Gasteiger partial charge in [-0.3, -0.25) is 14.7 Å². The first-order valence-electron chi connectivity index (χ1n) is 9.11. The lowest BCUT2D eigenvalue weighted by atomic mass is 9.66. The van der Waals surface area contributed by atoms with E-state index >= 15 is 0 Å². The van der Waals surface area contributed by atoms with E-state index in [4.69, 9.17) is 4.74 Å². The summed E-state index contributed by atoms with van der Waals surface area (Å²) in [4.78, 5) is 27.4. The zero-order valence-corrected chi connectivity index (χ0v) is 16.4. The number of ether oxygens (including phenoxy) is 1. The van der Waals surface area contributed by atoms with Crippen LogP contribution in [0.2, 0.25) is 0 Å². The van der Waals surface area contributed by atoms with Crippen molar-refractivity contribution in [1.29, 1.82) is 0 Å². The molecule has 1 heterocycles. The Kier molecular flexibility index (Phi) is 4.90. The molecule has 1 aliphatic carbocycles. The summed E-state index contributed by atoms with van der Waals surface area (Å²) in [6.07, 6.45) is -0.137. The minimum atomic E-state index is -1.35. The molecule has 0 amide bonds. The summed E-state index contributed by atoms with van der Waals surface area (Å²) in [5.74, 6) is -1.97. The van der Waals surface area contributed by atoms with Crippen molar-refractivity contribution < 1.29 is 14.6 Å². The zero-order valence-electron chi connectivity index (χ0n) is 16.4. The lowest BCUT2D eigenvalue weighted by Gasteiger charge is -2.40. The molecule has 7 nitrogen and oxygen atoms in total. The Morgan fingerprint density at radius 2 is 1.89 bits per heavy atom. The lowest BCUT2D eigenvalue weighted by molar-refractivity contribution is -0.163. The van der Waals surface area contributed by atoms with Gasteiger partial charge in [-0.2, -0.15) is 0 Å². The molecule has 0 saturated heterocycles. The molecule has 3 atom stereocenters. The second kappa shape index (κ2) is 6.88. The quantitative estimate of drug-likeness (QED) is 0.710. The predicted octanol–water partition coefficient (Wildman–Crippen LogP) is 1.78. The van der Waals surface area contributed by atoms with Gasteiger partial charge in [-0.1, -0.05) is 12.1 Å². The number of rotatable bonds is 4. The van der Waals surface area contributed by atoms with Gasteiger partial charge in [0.2, 0.25) is 0 Å². The first-order chi connectivity index (χ1) is 12.6. The van der Waals surface area contributed by atoms with Gasteiger partial charge in [-0.25, -0.2) is 0 Å². The van der Waals surface area contributed by atoms with Gasteiger partial charge in [0.25, 0.3) is 5.56 Å². The van der Waals surface area contributed by atoms with E-state index in [1.165, 1.54) is 0 Å². The molecule has 1 aromatic heterocycles. The van der Waals surface area contributed by atoms with Gasteiger partial charge in [-0.05, 0) is 38.5 Å². The molecule has 1 aromatic carbocycles. The van der Waals surface area contributed by atoms with Crippen molar-refractivity contribution in [1.82, 2.24) is 10.2 Å². The zero-order chi connectivity index (χ0) is 19.9. The summed E-state index contributed by atoms with van der Waals surface area (Å²) in [6.45, 7) is 5.16. The number of benzene rings is 1. The number of H-pyrrole nitrogens is 2. The second-order valence-electron chi connectivity index (χ2n) is 7.93. The van der Waals surface area contributed by atoms with Gasteiger partial charge in [0.05, 0.1) is 17.6 Å². The number of fused-ring (bicyclic) bond motifs is 1. The monoisotopic (exact) mass is 373 g/mol. The van der Waals surface area contributed by atoms with Crippen LogP contribution in [0, 0.1) is 5.92 Å². The number of nitrogens with one attached hydrogen (secondary N) is 2. The predicted molar refractivity (Wildman–Crippen MR) is 103 cm³/mol. The molecule has 27 heavy (non-hydrogen) atoms. The third-order valence-electron chi connectivity index (χ3n) is 5.12. The van der Waals surface area contributed by atoms with Crippen molar-refractivity contribution >= 4 is 11.7 Å². The van der Waals surface area contributed by atoms with E-state index in [2.05, 4.69) is 10.2 Å². The Morgan fingerprint density at radius 3 is 2.44 bits per heavy atom. The molecule has 0 aliphatic heterocycles. The maximum atomic E-state index is 12.9. The summed E-state index contributed by atoms with van der Waals surface area (Å²) in [5, 5.41) is 16.6. The summed E-state index contributed by atoms with van der Waals surface area (Å²) in [5.41, 5.74) is 1.28. The van der Waals surface area contributed by atoms with E-state index in [1.807, 2.05) is 43.3 Å². The number of hydrogen-bond donors (Lipinski definition) is 3. The van der Waals surface area contributed by atoms with Crippen molar-refractivity contribution in [2.75, 3.05) is 19.0 Å². The van der Waals surface area contributed by atoms with Crippen LogP contribution in [0.1, 0.15) is 43.5 Å². The van der Waals surface area contributed by atoms with Gasteiger partial charge in [0.15, 0.2) is 0 Å². The van der Waals surface area contributed by atoms with Crippen molar-refractivity contribution in [3.05, 3.63) is 51.4 Å². The van der Waals surface area contributed by atoms with Crippen LogP contribution in [0.3, 0.4) is 0 Å². The van der Waals surface area contributed by atoms with Gasteiger partial charge in [0, 0.05) is 43.4 Å². The van der Waals surface area contributed by atoms with Crippen LogP contribution in [-0.4, -0.2) is 47.1 Å². The molecule has 3 rings (SSSR count). The molecule has 0 bridgehead atoms. The van der Waals surface area contributed by atoms with E-state index in [1.54, 1.807) is 20.8 Å². The number of aromatic nitrogens is 2. The van der Waals surface area contributed by atoms with Gasteiger partial charge < -0.3 is 19.8 Å². The maximum Gasteiger partial charge on any atom is 0.313 e. The van der Waals surface area contributed by atoms with Crippen molar-refractivity contribution in [2.24, 2.45) is 5.92 Å². The minimum absolute atomic E-state index is 0.172. The third-order valence-corrected chi connectivity index (χ3v) is 5.12. The molecule has 1 aliphatic rings. The molecule has 7 heteroatoms. The number of nitrogens with zero attached hydrogens (tertiary/aromatic N) is 1. The number of anilines is 1. The number of aromatic amines is 2. The lowest BCUT2D eigenvalue weighted by Crippen LogP contribution is -2.50. The van der Waals surface area contributed by atoms with Gasteiger partial charge >= 0.3 is 5.97 Å². The fraction of sp³-hybridized carbons (Fsp3) is 0.500. The molecular weight excluding hydrogens is 346 g/mol. The van der Waals surface area contributed by atoms with Crippen LogP contribution in [0.15, 0.2) is 29.1 Å². The Morgan fingerprint density at radius 1 is 1.26 bits per heavy atom. The van der Waals surface area contributed by atoms with E-state index in [0.29, 0.717) is 11.3 Å². The van der Waals surface area contributed by atoms with Crippen LogP contribution < -0.4 is 10.5 Å². The average Bonchev–Trinajstić information content (AvgIpc) is 2.92. The van der Waals surface area contributed by atoms with Crippen LogP contribution in [0.5, 0.6) is 0 Å². The number of hydrogen-bond acceptors (Lipinski definition) is 5. The maximum absolute atomic E-state index is 12.9. The summed E-state index contributed by atoms with van der Waals surface area (Å²) < 4.78 is 5.44. The molecule has 0 unspecified atom stereocenters. The van der Waals surface area contributed by atoms with Crippen molar-refractivity contribution in [3.63, 3.8) is 0 Å². The largest absolute Gasteiger partial charge is 0.463 e. The minimum Gasteiger partial charge on any atom is -0.463 e. The summed E-state index contributed by atoms with van der Waals surface area (Å²) in [6, 6.07) is 7.66. The highest BCUT2D eigenvalue weighted by molar-refractivity contribution is 5.77. The summed E-state index contributed by atoms with van der Waals surface area (Å²) >= 11 is 0. The molecular formula is C20H27N3O4. The van der Waals surface area contributed by atoms with E-state index in [-0.39, 0.29) is 18.1 Å². The molecule has 2 aromatic rings. The highest BCUT2D eigenvalue weighted by Crippen LogP contribution is 2.44. The summed E-state index contributed by atoms with van der Waals surface area (Å²) in [7, 11) is 3.89. The SMILES string of the molecule is CC(C)OC(=O)[C@@H]1[C@H](c2ccc(N(C)C)cc2)c2c([nH][nH]c2=O)C[C@]1(C)O. The fourth-order valence-corrected chi connectivity index (χ4v) is 3.90. The molecule has 0 radical (unpaired) electrons. The topological polar surface area (TPSA) is 98.4 Å². The second-order valence-corrected chi connectivity index (χ2v) is 7.93. The highest BCUT2D eigenvalue weighted by Gasteiger charge is 2.51. The Bertz CT molecular complexity index is 877. The first kappa shape index (κ1) is 19.2. The third kappa shape index (κ3) is 3.51. The Labute approximate surface area is 158 Å². The molecule has 3 N–H and O–H groups in total. The van der Waals surface area contributed by atoms with Crippen LogP contribution in [-0.2, 0) is 16.0 Å². The fourth-order valence-electron chi connectivity index (χ4n) is 3.90. The van der Waals surface area contributed by atoms with Crippen LogP contribution >= 0.6 is 0 Å². The van der Waals surface area contributed by atoms with Crippen LogP contribution in [0.25, 0.3) is 0 Å². The Balaban J connectivity index is 2.15. The van der Waals surface area contributed by atoms with E-state index in [9.17, 15) is 14.7 Å². The van der Waals surface area contributed by atoms with E-state index < -0.39 is 23.4 Å². The smallest absolute Gasteiger partial charge is 0.313 e. The number of esters is 1.